The first kappa shape index (κ1) is 21.8. The summed E-state index contributed by atoms with van der Waals surface area (Å²) >= 11 is 5.70. The largest absolute Gasteiger partial charge is 0.371 e. The van der Waals surface area contributed by atoms with Crippen LogP contribution in [0.15, 0.2) is 30.3 Å². The SMILES string of the molecule is Cc1nn(C2CCC(=O)NC2=O)c2cccc(N3CCC(c4ccc(Cl)c(F)c4F)CC3)c12. The van der Waals surface area contributed by atoms with E-state index < -0.39 is 17.7 Å². The van der Waals surface area contributed by atoms with E-state index in [-0.39, 0.29) is 29.2 Å². The Balaban J connectivity index is 1.41. The summed E-state index contributed by atoms with van der Waals surface area (Å²) in [4.78, 5) is 26.2. The zero-order valence-corrected chi connectivity index (χ0v) is 18.8. The van der Waals surface area contributed by atoms with Crippen LogP contribution in [0.1, 0.15) is 48.9 Å². The molecule has 1 unspecified atom stereocenters. The highest BCUT2D eigenvalue weighted by Crippen LogP contribution is 2.38. The zero-order valence-electron chi connectivity index (χ0n) is 18.1. The molecule has 1 N–H and O–H groups in total. The van der Waals surface area contributed by atoms with Crippen molar-refractivity contribution in [2.45, 2.75) is 44.6 Å². The van der Waals surface area contributed by atoms with Crippen LogP contribution < -0.4 is 10.2 Å². The number of nitrogens with one attached hydrogen (secondary N) is 1. The van der Waals surface area contributed by atoms with Crippen LogP contribution in [-0.4, -0.2) is 34.7 Å². The van der Waals surface area contributed by atoms with Gasteiger partial charge in [-0.1, -0.05) is 23.7 Å². The van der Waals surface area contributed by atoms with E-state index >= 15 is 0 Å². The summed E-state index contributed by atoms with van der Waals surface area (Å²) in [5.74, 6) is -2.52. The van der Waals surface area contributed by atoms with E-state index in [1.807, 2.05) is 25.1 Å². The maximum absolute atomic E-state index is 14.4. The molecule has 0 bridgehead atoms. The number of anilines is 1. The highest BCUT2D eigenvalue weighted by Gasteiger charge is 2.31. The Kier molecular flexibility index (Phi) is 5.56. The molecule has 3 heterocycles. The van der Waals surface area contributed by atoms with Gasteiger partial charge in [-0.05, 0) is 55.9 Å². The summed E-state index contributed by atoms with van der Waals surface area (Å²) in [7, 11) is 0. The van der Waals surface area contributed by atoms with Crippen molar-refractivity contribution in [3.05, 3.63) is 58.2 Å². The van der Waals surface area contributed by atoms with Gasteiger partial charge < -0.3 is 4.90 Å². The lowest BCUT2D eigenvalue weighted by Gasteiger charge is -2.34. The van der Waals surface area contributed by atoms with Crippen molar-refractivity contribution >= 4 is 40.0 Å². The Bertz CT molecular complexity index is 1270. The number of fused-ring (bicyclic) bond motifs is 1. The first-order valence-corrected chi connectivity index (χ1v) is 11.4. The van der Waals surface area contributed by atoms with Gasteiger partial charge >= 0.3 is 0 Å². The molecule has 6 nitrogen and oxygen atoms in total. The number of carbonyl (C=O) groups is 2. The van der Waals surface area contributed by atoms with E-state index in [4.69, 9.17) is 11.6 Å². The van der Waals surface area contributed by atoms with Gasteiger partial charge in [-0.15, -0.1) is 0 Å². The standard InChI is InChI=1S/C24H23ClF2N4O2/c1-13-21-17(3-2-4-18(21)31(29-13)19-7-8-20(32)28-24(19)33)30-11-9-14(10-12-30)15-5-6-16(25)23(27)22(15)26/h2-6,14,19H,7-12H2,1H3,(H,28,32,33). The van der Waals surface area contributed by atoms with E-state index in [1.54, 1.807) is 10.7 Å². The third-order valence-corrected chi connectivity index (χ3v) is 7.02. The second-order valence-corrected chi connectivity index (χ2v) is 9.10. The molecule has 2 amide bonds. The van der Waals surface area contributed by atoms with Crippen molar-refractivity contribution in [1.82, 2.24) is 15.1 Å². The normalized spacial score (nSPS) is 19.9. The number of nitrogens with zero attached hydrogens (tertiary/aromatic N) is 3. The molecule has 9 heteroatoms. The van der Waals surface area contributed by atoms with Crippen LogP contribution in [0.3, 0.4) is 0 Å². The Hall–Kier alpha value is -3.00. The first-order valence-electron chi connectivity index (χ1n) is 11.0. The number of piperidine rings is 2. The number of rotatable bonds is 3. The number of benzene rings is 2. The Morgan fingerprint density at radius 3 is 2.55 bits per heavy atom. The molecule has 2 aromatic carbocycles. The maximum atomic E-state index is 14.4. The van der Waals surface area contributed by atoms with Crippen LogP contribution in [0.4, 0.5) is 14.5 Å². The molecule has 2 aliphatic heterocycles. The summed E-state index contributed by atoms with van der Waals surface area (Å²) in [6.45, 7) is 3.26. The number of aryl methyl sites for hydroxylation is 1. The molecular formula is C24H23ClF2N4O2. The molecule has 33 heavy (non-hydrogen) atoms. The number of imide groups is 1. The molecule has 0 spiro atoms. The first-order chi connectivity index (χ1) is 15.8. The van der Waals surface area contributed by atoms with Crippen molar-refractivity contribution in [1.29, 1.82) is 0 Å². The van der Waals surface area contributed by atoms with E-state index in [1.165, 1.54) is 6.07 Å². The van der Waals surface area contributed by atoms with Crippen molar-refractivity contribution < 1.29 is 18.4 Å². The summed E-state index contributed by atoms with van der Waals surface area (Å²) in [5, 5.41) is 7.81. The molecule has 1 aromatic heterocycles. The van der Waals surface area contributed by atoms with E-state index in [2.05, 4.69) is 15.3 Å². The lowest BCUT2D eigenvalue weighted by molar-refractivity contribution is -0.135. The predicted molar refractivity (Wildman–Crippen MR) is 121 cm³/mol. The summed E-state index contributed by atoms with van der Waals surface area (Å²) in [6.07, 6.45) is 2.05. The van der Waals surface area contributed by atoms with Gasteiger partial charge in [0, 0.05) is 30.6 Å². The van der Waals surface area contributed by atoms with E-state index in [0.29, 0.717) is 37.9 Å². The third-order valence-electron chi connectivity index (χ3n) is 6.73. The lowest BCUT2D eigenvalue weighted by atomic mass is 9.88. The number of amides is 2. The van der Waals surface area contributed by atoms with Crippen LogP contribution in [0.5, 0.6) is 0 Å². The fourth-order valence-corrected chi connectivity index (χ4v) is 5.21. The van der Waals surface area contributed by atoms with Crippen LogP contribution in [0.2, 0.25) is 5.02 Å². The molecule has 2 saturated heterocycles. The van der Waals surface area contributed by atoms with Gasteiger partial charge in [-0.2, -0.15) is 5.10 Å². The zero-order chi connectivity index (χ0) is 23.3. The molecule has 0 saturated carbocycles. The van der Waals surface area contributed by atoms with Crippen molar-refractivity contribution in [2.24, 2.45) is 0 Å². The Labute approximate surface area is 194 Å². The van der Waals surface area contributed by atoms with Gasteiger partial charge in [-0.3, -0.25) is 19.6 Å². The van der Waals surface area contributed by atoms with Gasteiger partial charge in [0.15, 0.2) is 11.6 Å². The third kappa shape index (κ3) is 3.76. The number of aromatic nitrogens is 2. The van der Waals surface area contributed by atoms with E-state index in [0.717, 1.165) is 22.3 Å². The monoisotopic (exact) mass is 472 g/mol. The topological polar surface area (TPSA) is 67.2 Å². The van der Waals surface area contributed by atoms with Gasteiger partial charge in [-0.25, -0.2) is 8.78 Å². The minimum Gasteiger partial charge on any atom is -0.371 e. The second-order valence-electron chi connectivity index (χ2n) is 8.69. The highest BCUT2D eigenvalue weighted by atomic mass is 35.5. The number of hydrogen-bond acceptors (Lipinski definition) is 4. The van der Waals surface area contributed by atoms with Gasteiger partial charge in [0.05, 0.1) is 16.2 Å². The van der Waals surface area contributed by atoms with Crippen LogP contribution in [0, 0.1) is 18.6 Å². The van der Waals surface area contributed by atoms with Gasteiger partial charge in [0.2, 0.25) is 5.91 Å². The fourth-order valence-electron chi connectivity index (χ4n) is 5.06. The molecule has 2 fully saturated rings. The minimum atomic E-state index is -0.988. The van der Waals surface area contributed by atoms with Gasteiger partial charge in [0.25, 0.3) is 5.91 Å². The summed E-state index contributed by atoms with van der Waals surface area (Å²) in [6, 6.07) is 8.35. The highest BCUT2D eigenvalue weighted by molar-refractivity contribution is 6.30. The van der Waals surface area contributed by atoms with Crippen LogP contribution in [-0.2, 0) is 9.59 Å². The molecule has 5 rings (SSSR count). The molecule has 3 aromatic rings. The number of hydrogen-bond donors (Lipinski definition) is 1. The summed E-state index contributed by atoms with van der Waals surface area (Å²) in [5.41, 5.74) is 3.02. The van der Waals surface area contributed by atoms with Crippen LogP contribution in [0.25, 0.3) is 10.9 Å². The van der Waals surface area contributed by atoms with E-state index in [9.17, 15) is 18.4 Å². The number of carbonyl (C=O) groups excluding carboxylic acids is 2. The second kappa shape index (κ2) is 8.41. The molecule has 2 aliphatic rings. The average Bonchev–Trinajstić information content (AvgIpc) is 3.14. The molecular weight excluding hydrogens is 450 g/mol. The number of halogens is 3. The van der Waals surface area contributed by atoms with Gasteiger partial charge in [0.1, 0.15) is 6.04 Å². The van der Waals surface area contributed by atoms with Crippen LogP contribution >= 0.6 is 11.6 Å². The van der Waals surface area contributed by atoms with Crippen molar-refractivity contribution in [2.75, 3.05) is 18.0 Å². The average molecular weight is 473 g/mol. The lowest BCUT2D eigenvalue weighted by Crippen LogP contribution is -2.42. The Morgan fingerprint density at radius 2 is 1.82 bits per heavy atom. The molecule has 0 aliphatic carbocycles. The van der Waals surface area contributed by atoms with Crippen molar-refractivity contribution in [3.8, 4) is 0 Å². The van der Waals surface area contributed by atoms with Crippen molar-refractivity contribution in [3.63, 3.8) is 0 Å². The maximum Gasteiger partial charge on any atom is 0.251 e. The Morgan fingerprint density at radius 1 is 1.06 bits per heavy atom. The smallest absolute Gasteiger partial charge is 0.251 e. The molecule has 0 radical (unpaired) electrons. The quantitative estimate of drug-likeness (QED) is 0.445. The molecule has 172 valence electrons. The predicted octanol–water partition coefficient (Wildman–Crippen LogP) is 4.64. The summed E-state index contributed by atoms with van der Waals surface area (Å²) < 4.78 is 30.1. The minimum absolute atomic E-state index is 0.0838. The fraction of sp³-hybridized carbons (Fsp3) is 0.375. The molecule has 1 atom stereocenters.